The molecule has 0 heterocycles. The highest BCUT2D eigenvalue weighted by Crippen LogP contribution is 2.34. The molecule has 1 rings (SSSR count). The normalized spacial score (nSPS) is 10.2. The number of methoxy groups -OCH3 is 3. The van der Waals surface area contributed by atoms with Crippen molar-refractivity contribution >= 4 is 11.9 Å². The summed E-state index contributed by atoms with van der Waals surface area (Å²) in [5.41, 5.74) is 0.154. The predicted octanol–water partition coefficient (Wildman–Crippen LogP) is 1.64. The van der Waals surface area contributed by atoms with Crippen LogP contribution < -0.4 is 19.5 Å². The van der Waals surface area contributed by atoms with E-state index >= 15 is 0 Å². The Hall–Kier alpha value is -2.44. The topological polar surface area (TPSA) is 83.1 Å². The second kappa shape index (κ2) is 8.87. The number of carbonyl (C=O) groups excluding carboxylic acids is 2. The number of benzene rings is 1. The molecule has 0 aliphatic carbocycles. The first kappa shape index (κ1) is 18.6. The van der Waals surface area contributed by atoms with E-state index in [0.29, 0.717) is 24.0 Å². The SMILES string of the molecule is COc1cc(OC)c(C(=O)OCC(=O)NCC(C)C)cc1OC. The highest BCUT2D eigenvalue weighted by molar-refractivity contribution is 5.95. The number of carbonyl (C=O) groups is 2. The number of hydrogen-bond donors (Lipinski definition) is 1. The van der Waals surface area contributed by atoms with Gasteiger partial charge in [-0.3, -0.25) is 4.79 Å². The second-order valence-electron chi connectivity index (χ2n) is 5.18. The van der Waals surface area contributed by atoms with Gasteiger partial charge in [-0.05, 0) is 5.92 Å². The summed E-state index contributed by atoms with van der Waals surface area (Å²) in [7, 11) is 4.36. The number of amides is 1. The Balaban J connectivity index is 2.80. The van der Waals surface area contributed by atoms with Crippen molar-refractivity contribution in [3.8, 4) is 17.2 Å². The van der Waals surface area contributed by atoms with Gasteiger partial charge in [0.2, 0.25) is 0 Å². The fourth-order valence-electron chi connectivity index (χ4n) is 1.77. The van der Waals surface area contributed by atoms with E-state index < -0.39 is 5.97 Å². The molecule has 7 nitrogen and oxygen atoms in total. The number of ether oxygens (including phenoxy) is 4. The average molecular weight is 325 g/mol. The van der Waals surface area contributed by atoms with Crippen LogP contribution in [-0.2, 0) is 9.53 Å². The number of rotatable bonds is 8. The van der Waals surface area contributed by atoms with Gasteiger partial charge in [0.15, 0.2) is 18.1 Å². The Morgan fingerprint density at radius 3 is 2.09 bits per heavy atom. The quantitative estimate of drug-likeness (QED) is 0.732. The summed E-state index contributed by atoms with van der Waals surface area (Å²) in [6.07, 6.45) is 0. The monoisotopic (exact) mass is 325 g/mol. The van der Waals surface area contributed by atoms with Gasteiger partial charge in [0.1, 0.15) is 11.3 Å². The van der Waals surface area contributed by atoms with Gasteiger partial charge in [-0.1, -0.05) is 13.8 Å². The molecule has 128 valence electrons. The molecule has 1 amide bonds. The fourth-order valence-corrected chi connectivity index (χ4v) is 1.77. The van der Waals surface area contributed by atoms with Crippen LogP contribution in [0.2, 0.25) is 0 Å². The Kier molecular flexibility index (Phi) is 7.18. The first-order valence-electron chi connectivity index (χ1n) is 7.16. The van der Waals surface area contributed by atoms with Crippen molar-refractivity contribution < 1.29 is 28.5 Å². The second-order valence-corrected chi connectivity index (χ2v) is 5.18. The van der Waals surface area contributed by atoms with Gasteiger partial charge < -0.3 is 24.3 Å². The van der Waals surface area contributed by atoms with Crippen LogP contribution in [0, 0.1) is 5.92 Å². The molecule has 7 heteroatoms. The molecule has 0 radical (unpaired) electrons. The molecule has 0 fully saturated rings. The Morgan fingerprint density at radius 2 is 1.57 bits per heavy atom. The molecule has 0 saturated heterocycles. The van der Waals surface area contributed by atoms with E-state index in [2.05, 4.69) is 5.32 Å². The van der Waals surface area contributed by atoms with Gasteiger partial charge in [0.05, 0.1) is 21.3 Å². The smallest absolute Gasteiger partial charge is 0.342 e. The summed E-state index contributed by atoms with van der Waals surface area (Å²) in [6.45, 7) is 4.11. The number of esters is 1. The van der Waals surface area contributed by atoms with Crippen molar-refractivity contribution in [1.29, 1.82) is 0 Å². The molecule has 0 aliphatic heterocycles. The highest BCUT2D eigenvalue weighted by Gasteiger charge is 2.19. The molecule has 0 saturated carbocycles. The third kappa shape index (κ3) is 5.36. The van der Waals surface area contributed by atoms with E-state index in [9.17, 15) is 9.59 Å². The zero-order chi connectivity index (χ0) is 17.4. The van der Waals surface area contributed by atoms with E-state index in [4.69, 9.17) is 18.9 Å². The van der Waals surface area contributed by atoms with Crippen LogP contribution in [0.5, 0.6) is 17.2 Å². The van der Waals surface area contributed by atoms with Gasteiger partial charge >= 0.3 is 5.97 Å². The number of hydrogen-bond acceptors (Lipinski definition) is 6. The van der Waals surface area contributed by atoms with Gasteiger partial charge in [0.25, 0.3) is 5.91 Å². The van der Waals surface area contributed by atoms with E-state index in [1.165, 1.54) is 33.5 Å². The Labute approximate surface area is 135 Å². The zero-order valence-electron chi connectivity index (χ0n) is 14.1. The molecule has 0 unspecified atom stereocenters. The van der Waals surface area contributed by atoms with Crippen molar-refractivity contribution in [2.45, 2.75) is 13.8 Å². The van der Waals surface area contributed by atoms with Crippen LogP contribution in [-0.4, -0.2) is 46.4 Å². The summed E-state index contributed by atoms with van der Waals surface area (Å²) in [5.74, 6) is 0.352. The fraction of sp³-hybridized carbons (Fsp3) is 0.500. The lowest BCUT2D eigenvalue weighted by atomic mass is 10.1. The van der Waals surface area contributed by atoms with E-state index in [0.717, 1.165) is 0 Å². The molecule has 0 spiro atoms. The highest BCUT2D eigenvalue weighted by atomic mass is 16.5. The van der Waals surface area contributed by atoms with Gasteiger partial charge in [-0.2, -0.15) is 0 Å². The third-order valence-corrected chi connectivity index (χ3v) is 2.97. The molecule has 0 atom stereocenters. The molecule has 1 aromatic rings. The van der Waals surface area contributed by atoms with Gasteiger partial charge in [-0.15, -0.1) is 0 Å². The largest absolute Gasteiger partial charge is 0.496 e. The first-order valence-corrected chi connectivity index (χ1v) is 7.16. The van der Waals surface area contributed by atoms with Crippen molar-refractivity contribution in [3.05, 3.63) is 17.7 Å². The van der Waals surface area contributed by atoms with Gasteiger partial charge in [0, 0.05) is 18.7 Å². The predicted molar refractivity (Wildman–Crippen MR) is 84.2 cm³/mol. The minimum absolute atomic E-state index is 0.154. The van der Waals surface area contributed by atoms with Crippen molar-refractivity contribution in [3.63, 3.8) is 0 Å². The minimum atomic E-state index is -0.678. The maximum absolute atomic E-state index is 12.2. The average Bonchev–Trinajstić information content (AvgIpc) is 2.56. The lowest BCUT2D eigenvalue weighted by molar-refractivity contribution is -0.124. The maximum atomic E-state index is 12.2. The number of nitrogens with one attached hydrogen (secondary N) is 1. The third-order valence-electron chi connectivity index (χ3n) is 2.97. The van der Waals surface area contributed by atoms with Crippen LogP contribution in [0.1, 0.15) is 24.2 Å². The van der Waals surface area contributed by atoms with Crippen molar-refractivity contribution in [2.75, 3.05) is 34.5 Å². The molecule has 0 aromatic heterocycles. The van der Waals surface area contributed by atoms with Crippen molar-refractivity contribution in [2.24, 2.45) is 5.92 Å². The van der Waals surface area contributed by atoms with Crippen LogP contribution in [0.3, 0.4) is 0 Å². The van der Waals surface area contributed by atoms with Crippen LogP contribution in [0.25, 0.3) is 0 Å². The standard InChI is InChI=1S/C16H23NO6/c1-10(2)8-17-15(18)9-23-16(19)11-6-13(21-4)14(22-5)7-12(11)20-3/h6-7,10H,8-9H2,1-5H3,(H,17,18). The molecule has 1 aromatic carbocycles. The first-order chi connectivity index (χ1) is 10.9. The summed E-state index contributed by atoms with van der Waals surface area (Å²) < 4.78 is 20.5. The van der Waals surface area contributed by atoms with E-state index in [1.807, 2.05) is 13.8 Å². The minimum Gasteiger partial charge on any atom is -0.496 e. The molecular formula is C16H23NO6. The maximum Gasteiger partial charge on any atom is 0.342 e. The molecule has 0 aliphatic rings. The zero-order valence-corrected chi connectivity index (χ0v) is 14.1. The summed E-state index contributed by atoms with van der Waals surface area (Å²) >= 11 is 0. The molecular weight excluding hydrogens is 302 g/mol. The molecule has 1 N–H and O–H groups in total. The Morgan fingerprint density at radius 1 is 1.00 bits per heavy atom. The summed E-state index contributed by atoms with van der Waals surface area (Å²) in [4.78, 5) is 23.8. The van der Waals surface area contributed by atoms with E-state index in [-0.39, 0.29) is 23.8 Å². The Bertz CT molecular complexity index is 556. The van der Waals surface area contributed by atoms with Crippen LogP contribution >= 0.6 is 0 Å². The van der Waals surface area contributed by atoms with Crippen LogP contribution in [0.15, 0.2) is 12.1 Å². The van der Waals surface area contributed by atoms with E-state index in [1.54, 1.807) is 0 Å². The summed E-state index contributed by atoms with van der Waals surface area (Å²) in [6, 6.07) is 2.97. The lowest BCUT2D eigenvalue weighted by Gasteiger charge is -2.13. The molecule has 0 bridgehead atoms. The van der Waals surface area contributed by atoms with Crippen LogP contribution in [0.4, 0.5) is 0 Å². The molecule has 23 heavy (non-hydrogen) atoms. The van der Waals surface area contributed by atoms with Crippen molar-refractivity contribution in [1.82, 2.24) is 5.32 Å². The summed E-state index contributed by atoms with van der Waals surface area (Å²) in [5, 5.41) is 2.67. The van der Waals surface area contributed by atoms with Gasteiger partial charge in [-0.25, -0.2) is 4.79 Å². The lowest BCUT2D eigenvalue weighted by Crippen LogP contribution is -2.31.